The van der Waals surface area contributed by atoms with Gasteiger partial charge in [0, 0.05) is 11.4 Å². The minimum absolute atomic E-state index is 0.0425. The Hall–Kier alpha value is -2.58. The number of aryl methyl sites for hydroxylation is 2. The van der Waals surface area contributed by atoms with E-state index in [4.69, 9.17) is 9.72 Å². The highest BCUT2D eigenvalue weighted by Gasteiger charge is 2.25. The lowest BCUT2D eigenvalue weighted by Crippen LogP contribution is -2.27. The third-order valence-corrected chi connectivity index (χ3v) is 7.39. The van der Waals surface area contributed by atoms with Crippen LogP contribution in [0.3, 0.4) is 0 Å². The van der Waals surface area contributed by atoms with Gasteiger partial charge in [0.1, 0.15) is 10.6 Å². The van der Waals surface area contributed by atoms with Gasteiger partial charge in [-0.25, -0.2) is 4.98 Å². The van der Waals surface area contributed by atoms with Gasteiger partial charge in [0.05, 0.1) is 23.4 Å². The molecule has 1 atom stereocenters. The van der Waals surface area contributed by atoms with E-state index in [0.717, 1.165) is 35.0 Å². The molecule has 3 aromatic rings. The molecule has 0 fully saturated rings. The van der Waals surface area contributed by atoms with Gasteiger partial charge in [-0.05, 0) is 43.9 Å². The van der Waals surface area contributed by atoms with Crippen LogP contribution in [0.15, 0.2) is 46.9 Å². The van der Waals surface area contributed by atoms with Gasteiger partial charge in [-0.2, -0.15) is 0 Å². The Morgan fingerprint density at radius 3 is 3.00 bits per heavy atom. The first-order valence-electron chi connectivity index (χ1n) is 9.80. The van der Waals surface area contributed by atoms with Crippen molar-refractivity contribution in [2.45, 2.75) is 43.1 Å². The lowest BCUT2D eigenvalue weighted by atomic mass is 10.2. The summed E-state index contributed by atoms with van der Waals surface area (Å²) in [5, 5.41) is 3.72. The largest absolute Gasteiger partial charge is 0.495 e. The lowest BCUT2D eigenvalue weighted by molar-refractivity contribution is -0.115. The minimum atomic E-state index is -0.456. The van der Waals surface area contributed by atoms with Crippen LogP contribution in [0, 0.1) is 0 Å². The van der Waals surface area contributed by atoms with Crippen LogP contribution in [0.25, 0.3) is 10.2 Å². The normalized spacial score (nSPS) is 13.8. The van der Waals surface area contributed by atoms with Crippen LogP contribution in [0.2, 0.25) is 0 Å². The zero-order chi connectivity index (χ0) is 21.3. The molecular weight excluding hydrogens is 418 g/mol. The van der Waals surface area contributed by atoms with Crippen molar-refractivity contribution in [3.05, 3.63) is 57.7 Å². The molecule has 1 amide bonds. The van der Waals surface area contributed by atoms with E-state index in [-0.39, 0.29) is 11.5 Å². The zero-order valence-electron chi connectivity index (χ0n) is 16.9. The van der Waals surface area contributed by atoms with Crippen LogP contribution < -0.4 is 15.6 Å². The molecule has 2 heterocycles. The topological polar surface area (TPSA) is 73.2 Å². The Kier molecular flexibility index (Phi) is 5.97. The summed E-state index contributed by atoms with van der Waals surface area (Å²) in [5.41, 5.74) is 1.72. The van der Waals surface area contributed by atoms with Gasteiger partial charge < -0.3 is 10.1 Å². The molecular formula is C22H23N3O3S2. The maximum Gasteiger partial charge on any atom is 0.263 e. The van der Waals surface area contributed by atoms with E-state index in [1.807, 2.05) is 12.1 Å². The van der Waals surface area contributed by atoms with Crippen LogP contribution in [0.4, 0.5) is 5.69 Å². The van der Waals surface area contributed by atoms with Crippen LogP contribution >= 0.6 is 23.1 Å². The second-order valence-corrected chi connectivity index (χ2v) is 9.48. The lowest BCUT2D eigenvalue weighted by Gasteiger charge is -2.16. The number of carbonyl (C=O) groups is 1. The Labute approximate surface area is 183 Å². The van der Waals surface area contributed by atoms with Gasteiger partial charge in [0.15, 0.2) is 5.16 Å². The summed E-state index contributed by atoms with van der Waals surface area (Å²) in [4.78, 5) is 32.8. The number of para-hydroxylation sites is 2. The molecule has 4 rings (SSSR count). The Morgan fingerprint density at radius 2 is 2.23 bits per heavy atom. The number of thiophene rings is 1. The van der Waals surface area contributed by atoms with Gasteiger partial charge in [-0.3, -0.25) is 14.2 Å². The third-order valence-electron chi connectivity index (χ3n) is 5.12. The van der Waals surface area contributed by atoms with Crippen molar-refractivity contribution in [3.63, 3.8) is 0 Å². The van der Waals surface area contributed by atoms with Gasteiger partial charge >= 0.3 is 0 Å². The van der Waals surface area contributed by atoms with E-state index in [0.29, 0.717) is 23.1 Å². The van der Waals surface area contributed by atoms with Crippen molar-refractivity contribution in [2.75, 3.05) is 12.4 Å². The summed E-state index contributed by atoms with van der Waals surface area (Å²) in [5.74, 6) is 0.414. The SMILES string of the molecule is C=CCn1c(S[C@@H](C)C(=O)Nc2ccccc2OC)nc2sc3c(c2c1=O)CCC3. The fourth-order valence-corrected chi connectivity index (χ4v) is 5.85. The molecule has 156 valence electrons. The summed E-state index contributed by atoms with van der Waals surface area (Å²) >= 11 is 2.88. The number of nitrogens with zero attached hydrogens (tertiary/aromatic N) is 2. The molecule has 0 saturated heterocycles. The number of carbonyl (C=O) groups excluding carboxylic acids is 1. The summed E-state index contributed by atoms with van der Waals surface area (Å²) in [7, 11) is 1.56. The van der Waals surface area contributed by atoms with Gasteiger partial charge in [-0.1, -0.05) is 30.0 Å². The molecule has 0 unspecified atom stereocenters. The van der Waals surface area contributed by atoms with Crippen LogP contribution in [-0.2, 0) is 24.2 Å². The number of aromatic nitrogens is 2. The first-order chi connectivity index (χ1) is 14.5. The van der Waals surface area contributed by atoms with Crippen molar-refractivity contribution in [2.24, 2.45) is 0 Å². The number of nitrogens with one attached hydrogen (secondary N) is 1. The number of anilines is 1. The number of ether oxygens (including phenoxy) is 1. The third kappa shape index (κ3) is 3.77. The molecule has 0 spiro atoms. The standard InChI is InChI=1S/C22H23N3O3S2/c1-4-12-25-21(27)18-14-8-7-11-17(14)30-20(18)24-22(25)29-13(2)19(26)23-15-9-5-6-10-16(15)28-3/h4-6,9-10,13H,1,7-8,11-12H2,2-3H3,(H,23,26)/t13-/m0/s1. The Morgan fingerprint density at radius 1 is 1.43 bits per heavy atom. The number of allylic oxidation sites excluding steroid dienone is 1. The number of methoxy groups -OCH3 is 1. The number of thioether (sulfide) groups is 1. The average Bonchev–Trinajstić information content (AvgIpc) is 3.32. The first-order valence-corrected chi connectivity index (χ1v) is 11.5. The van der Waals surface area contributed by atoms with Gasteiger partial charge in [0.2, 0.25) is 5.91 Å². The van der Waals surface area contributed by atoms with E-state index >= 15 is 0 Å². The van der Waals surface area contributed by atoms with E-state index in [2.05, 4.69) is 11.9 Å². The van der Waals surface area contributed by atoms with Gasteiger partial charge in [0.25, 0.3) is 5.56 Å². The summed E-state index contributed by atoms with van der Waals surface area (Å²) in [6.07, 6.45) is 4.72. The monoisotopic (exact) mass is 441 g/mol. The molecule has 1 aromatic carbocycles. The number of fused-ring (bicyclic) bond motifs is 3. The smallest absolute Gasteiger partial charge is 0.263 e. The highest BCUT2D eigenvalue weighted by atomic mass is 32.2. The summed E-state index contributed by atoms with van der Waals surface area (Å²) in [6.45, 7) is 5.94. The molecule has 1 aliphatic rings. The average molecular weight is 442 g/mol. The maximum absolute atomic E-state index is 13.2. The van der Waals surface area contributed by atoms with Gasteiger partial charge in [-0.15, -0.1) is 17.9 Å². The summed E-state index contributed by atoms with van der Waals surface area (Å²) < 4.78 is 6.92. The first kappa shape index (κ1) is 20.7. The maximum atomic E-state index is 13.2. The van der Waals surface area contributed by atoms with Crippen molar-refractivity contribution in [1.29, 1.82) is 0 Å². The van der Waals surface area contributed by atoms with Crippen LogP contribution in [0.1, 0.15) is 23.8 Å². The molecule has 1 N–H and O–H groups in total. The van der Waals surface area contributed by atoms with Crippen molar-refractivity contribution < 1.29 is 9.53 Å². The predicted molar refractivity (Wildman–Crippen MR) is 123 cm³/mol. The predicted octanol–water partition coefficient (Wildman–Crippen LogP) is 4.26. The number of amides is 1. The number of hydrogen-bond donors (Lipinski definition) is 1. The van der Waals surface area contributed by atoms with Crippen molar-refractivity contribution >= 4 is 44.9 Å². The highest BCUT2D eigenvalue weighted by molar-refractivity contribution is 8.00. The Balaban J connectivity index is 1.64. The molecule has 2 aromatic heterocycles. The number of benzene rings is 1. The Bertz CT molecular complexity index is 1180. The molecule has 1 aliphatic carbocycles. The van der Waals surface area contributed by atoms with E-state index in [1.165, 1.54) is 16.6 Å². The molecule has 6 nitrogen and oxygen atoms in total. The zero-order valence-corrected chi connectivity index (χ0v) is 18.6. The quantitative estimate of drug-likeness (QED) is 0.337. The van der Waals surface area contributed by atoms with E-state index in [9.17, 15) is 9.59 Å². The fourth-order valence-electron chi connectivity index (χ4n) is 3.63. The van der Waals surface area contributed by atoms with E-state index in [1.54, 1.807) is 48.1 Å². The molecule has 0 saturated carbocycles. The minimum Gasteiger partial charge on any atom is -0.495 e. The molecule has 30 heavy (non-hydrogen) atoms. The number of hydrogen-bond acceptors (Lipinski definition) is 6. The molecule has 0 radical (unpaired) electrons. The van der Waals surface area contributed by atoms with E-state index < -0.39 is 5.25 Å². The van der Waals surface area contributed by atoms with Crippen LogP contribution in [0.5, 0.6) is 5.75 Å². The fraction of sp³-hybridized carbons (Fsp3) is 0.318. The van der Waals surface area contributed by atoms with Crippen LogP contribution in [-0.4, -0.2) is 27.8 Å². The summed E-state index contributed by atoms with van der Waals surface area (Å²) in [6, 6.07) is 7.27. The molecule has 8 heteroatoms. The van der Waals surface area contributed by atoms with Crippen molar-refractivity contribution in [1.82, 2.24) is 9.55 Å². The number of rotatable bonds is 7. The van der Waals surface area contributed by atoms with Crippen molar-refractivity contribution in [3.8, 4) is 5.75 Å². The second-order valence-electron chi connectivity index (χ2n) is 7.09. The molecule has 0 bridgehead atoms. The highest BCUT2D eigenvalue weighted by Crippen LogP contribution is 2.36. The second kappa shape index (κ2) is 8.65. The molecule has 0 aliphatic heterocycles.